The molecule has 7 nitrogen and oxygen atoms in total. The molecular formula is C10H14F3N3O4. The van der Waals surface area contributed by atoms with Gasteiger partial charge in [0.25, 0.3) is 0 Å². The molecule has 1 heterocycles. The number of piperazine rings is 1. The first-order valence-electron chi connectivity index (χ1n) is 5.73. The molecule has 1 aliphatic heterocycles. The van der Waals surface area contributed by atoms with E-state index in [1.165, 1.54) is 0 Å². The number of rotatable bonds is 3. The number of carboxylic acid groups (broad SMARTS) is 1. The van der Waals surface area contributed by atoms with Crippen LogP contribution in [0, 0.1) is 0 Å². The number of alkyl halides is 3. The molecule has 1 rings (SSSR count). The molecule has 0 aromatic carbocycles. The highest BCUT2D eigenvalue weighted by Gasteiger charge is 2.37. The lowest BCUT2D eigenvalue weighted by Crippen LogP contribution is -2.62. The number of carbonyl (C=O) groups excluding carboxylic acids is 2. The van der Waals surface area contributed by atoms with Gasteiger partial charge in [-0.05, 0) is 6.92 Å². The van der Waals surface area contributed by atoms with E-state index in [4.69, 9.17) is 5.11 Å². The molecule has 3 amide bonds. The van der Waals surface area contributed by atoms with E-state index in [-0.39, 0.29) is 6.54 Å². The number of hydrogen-bond acceptors (Lipinski definition) is 3. The van der Waals surface area contributed by atoms with Gasteiger partial charge in [0.2, 0.25) is 5.91 Å². The predicted molar refractivity (Wildman–Crippen MR) is 59.8 cm³/mol. The van der Waals surface area contributed by atoms with E-state index in [2.05, 4.69) is 5.32 Å². The van der Waals surface area contributed by atoms with Crippen molar-refractivity contribution >= 4 is 17.9 Å². The highest BCUT2D eigenvalue weighted by Crippen LogP contribution is 2.21. The number of aliphatic carboxylic acids is 1. The van der Waals surface area contributed by atoms with Crippen LogP contribution >= 0.6 is 0 Å². The van der Waals surface area contributed by atoms with Crippen LogP contribution in [0.15, 0.2) is 0 Å². The van der Waals surface area contributed by atoms with Gasteiger partial charge in [-0.25, -0.2) is 9.59 Å². The standard InChI is InChI=1S/C10H14F3N3O4/c1-5(2-10(11,12)13)15-9(20)16-4-7(17)14-3-6(16)8(18)19/h5-6H,2-4H2,1H3,(H,14,17)(H,15,20)(H,18,19). The minimum atomic E-state index is -4.45. The van der Waals surface area contributed by atoms with Crippen molar-refractivity contribution in [2.75, 3.05) is 13.1 Å². The molecule has 0 aromatic rings. The van der Waals surface area contributed by atoms with Gasteiger partial charge in [-0.2, -0.15) is 13.2 Å². The smallest absolute Gasteiger partial charge is 0.391 e. The van der Waals surface area contributed by atoms with Gasteiger partial charge < -0.3 is 15.7 Å². The third kappa shape index (κ3) is 4.59. The van der Waals surface area contributed by atoms with E-state index < -0.39 is 49.1 Å². The monoisotopic (exact) mass is 297 g/mol. The van der Waals surface area contributed by atoms with Gasteiger partial charge >= 0.3 is 18.2 Å². The molecule has 10 heteroatoms. The van der Waals surface area contributed by atoms with Crippen LogP contribution in [0.5, 0.6) is 0 Å². The van der Waals surface area contributed by atoms with E-state index in [1.54, 1.807) is 0 Å². The van der Waals surface area contributed by atoms with Gasteiger partial charge in [-0.15, -0.1) is 0 Å². The average molecular weight is 297 g/mol. The second-order valence-electron chi connectivity index (χ2n) is 4.46. The normalized spacial score (nSPS) is 21.1. The first-order valence-corrected chi connectivity index (χ1v) is 5.73. The molecule has 0 aromatic heterocycles. The van der Waals surface area contributed by atoms with Crippen molar-refractivity contribution in [3.05, 3.63) is 0 Å². The van der Waals surface area contributed by atoms with Crippen LogP contribution in [0.3, 0.4) is 0 Å². The molecule has 0 spiro atoms. The van der Waals surface area contributed by atoms with Crippen molar-refractivity contribution in [1.29, 1.82) is 0 Å². The summed E-state index contributed by atoms with van der Waals surface area (Å²) in [6, 6.07) is -3.53. The SMILES string of the molecule is CC(CC(F)(F)F)NC(=O)N1CC(=O)NCC1C(=O)O. The first kappa shape index (κ1) is 16.1. The summed E-state index contributed by atoms with van der Waals surface area (Å²) in [6.45, 7) is 0.349. The van der Waals surface area contributed by atoms with Crippen molar-refractivity contribution in [2.24, 2.45) is 0 Å². The zero-order valence-electron chi connectivity index (χ0n) is 10.5. The summed E-state index contributed by atoms with van der Waals surface area (Å²) < 4.78 is 36.4. The molecule has 1 fully saturated rings. The maximum atomic E-state index is 12.1. The predicted octanol–water partition coefficient (Wildman–Crippen LogP) is -0.0781. The van der Waals surface area contributed by atoms with Crippen LogP contribution in [0.1, 0.15) is 13.3 Å². The zero-order valence-corrected chi connectivity index (χ0v) is 10.5. The topological polar surface area (TPSA) is 98.7 Å². The Bertz CT molecular complexity index is 413. The van der Waals surface area contributed by atoms with Crippen molar-refractivity contribution in [1.82, 2.24) is 15.5 Å². The quantitative estimate of drug-likeness (QED) is 0.678. The van der Waals surface area contributed by atoms with Crippen molar-refractivity contribution in [2.45, 2.75) is 31.6 Å². The minimum Gasteiger partial charge on any atom is -0.480 e. The van der Waals surface area contributed by atoms with Gasteiger partial charge in [0.15, 0.2) is 0 Å². The summed E-state index contributed by atoms with van der Waals surface area (Å²) in [5, 5.41) is 13.2. The number of nitrogens with one attached hydrogen (secondary N) is 2. The molecule has 0 aliphatic carbocycles. The summed E-state index contributed by atoms with van der Waals surface area (Å²) in [7, 11) is 0. The Balaban J connectivity index is 2.67. The van der Waals surface area contributed by atoms with Crippen LogP contribution in [-0.2, 0) is 9.59 Å². The number of carboxylic acids is 1. The number of amides is 3. The molecule has 20 heavy (non-hydrogen) atoms. The molecule has 114 valence electrons. The van der Waals surface area contributed by atoms with Crippen LogP contribution in [-0.4, -0.2) is 59.3 Å². The van der Waals surface area contributed by atoms with Gasteiger partial charge in [0, 0.05) is 12.6 Å². The largest absolute Gasteiger partial charge is 0.480 e. The summed E-state index contributed by atoms with van der Waals surface area (Å²) in [6.07, 6.45) is -5.69. The number of urea groups is 1. The molecule has 1 saturated heterocycles. The Hall–Kier alpha value is -2.00. The van der Waals surface area contributed by atoms with Gasteiger partial charge in [-0.3, -0.25) is 9.69 Å². The molecule has 3 N–H and O–H groups in total. The van der Waals surface area contributed by atoms with Crippen LogP contribution < -0.4 is 10.6 Å². The highest BCUT2D eigenvalue weighted by atomic mass is 19.4. The van der Waals surface area contributed by atoms with E-state index in [9.17, 15) is 27.6 Å². The Kier molecular flexibility index (Phi) is 4.79. The number of hydrogen-bond donors (Lipinski definition) is 3. The van der Waals surface area contributed by atoms with Gasteiger partial charge in [0.1, 0.15) is 12.6 Å². The Labute approximate surface area is 112 Å². The minimum absolute atomic E-state index is 0.283. The molecule has 2 atom stereocenters. The average Bonchev–Trinajstić information content (AvgIpc) is 2.25. The summed E-state index contributed by atoms with van der Waals surface area (Å²) in [4.78, 5) is 34.6. The van der Waals surface area contributed by atoms with E-state index in [1.807, 2.05) is 5.32 Å². The number of carbonyl (C=O) groups is 3. The van der Waals surface area contributed by atoms with E-state index >= 15 is 0 Å². The van der Waals surface area contributed by atoms with Gasteiger partial charge in [-0.1, -0.05) is 0 Å². The third-order valence-electron chi connectivity index (χ3n) is 2.64. The fourth-order valence-corrected chi connectivity index (χ4v) is 1.77. The maximum absolute atomic E-state index is 12.1. The summed E-state index contributed by atoms with van der Waals surface area (Å²) in [5.41, 5.74) is 0. The fourth-order valence-electron chi connectivity index (χ4n) is 1.77. The van der Waals surface area contributed by atoms with Gasteiger partial charge in [0.05, 0.1) is 6.42 Å². The second-order valence-corrected chi connectivity index (χ2v) is 4.46. The lowest BCUT2D eigenvalue weighted by atomic mass is 10.2. The molecule has 2 unspecified atom stereocenters. The third-order valence-corrected chi connectivity index (χ3v) is 2.64. The molecule has 0 radical (unpaired) electrons. The van der Waals surface area contributed by atoms with Crippen molar-refractivity contribution in [3.63, 3.8) is 0 Å². The van der Waals surface area contributed by atoms with Crippen molar-refractivity contribution < 1.29 is 32.7 Å². The Morgan fingerprint density at radius 3 is 2.65 bits per heavy atom. The number of nitrogens with zero attached hydrogens (tertiary/aromatic N) is 1. The zero-order chi connectivity index (χ0) is 15.5. The maximum Gasteiger partial charge on any atom is 0.391 e. The van der Waals surface area contributed by atoms with Crippen LogP contribution in [0.4, 0.5) is 18.0 Å². The Morgan fingerprint density at radius 1 is 1.55 bits per heavy atom. The molecule has 0 bridgehead atoms. The number of halogens is 3. The van der Waals surface area contributed by atoms with Crippen molar-refractivity contribution in [3.8, 4) is 0 Å². The first-order chi connectivity index (χ1) is 9.10. The molecule has 0 saturated carbocycles. The molecule has 1 aliphatic rings. The van der Waals surface area contributed by atoms with E-state index in [0.29, 0.717) is 4.90 Å². The van der Waals surface area contributed by atoms with Crippen LogP contribution in [0.25, 0.3) is 0 Å². The Morgan fingerprint density at radius 2 is 2.15 bits per heavy atom. The second kappa shape index (κ2) is 5.97. The van der Waals surface area contributed by atoms with E-state index in [0.717, 1.165) is 6.92 Å². The van der Waals surface area contributed by atoms with Crippen LogP contribution in [0.2, 0.25) is 0 Å². The fraction of sp³-hybridized carbons (Fsp3) is 0.700. The summed E-state index contributed by atoms with van der Waals surface area (Å²) in [5.74, 6) is -1.91. The lowest BCUT2D eigenvalue weighted by Gasteiger charge is -2.33. The molecular weight excluding hydrogens is 283 g/mol. The lowest BCUT2D eigenvalue weighted by molar-refractivity contribution is -0.145. The summed E-state index contributed by atoms with van der Waals surface area (Å²) >= 11 is 0. The highest BCUT2D eigenvalue weighted by molar-refractivity contribution is 5.90.